The molecule has 3 rings (SSSR count). The van der Waals surface area contributed by atoms with Crippen LogP contribution in [0.3, 0.4) is 0 Å². The Morgan fingerprint density at radius 1 is 1.00 bits per heavy atom. The van der Waals surface area contributed by atoms with Crippen LogP contribution in [-0.2, 0) is 0 Å². The number of rotatable bonds is 5. The molecule has 28 heavy (non-hydrogen) atoms. The molecule has 0 atom stereocenters. The molecule has 2 aromatic rings. The maximum Gasteiger partial charge on any atom is 0.261 e. The fraction of sp³-hybridized carbons (Fsp3) is 0.286. The van der Waals surface area contributed by atoms with Gasteiger partial charge in [-0.25, -0.2) is 0 Å². The minimum Gasteiger partial charge on any atom is -0.493 e. The smallest absolute Gasteiger partial charge is 0.261 e. The first-order valence-electron chi connectivity index (χ1n) is 8.68. The SMILES string of the molecule is COc1cc(C(=O)N2C(=S)C(c3ccccc3)=NC2(C)C)cc(OC)c1OC. The molecule has 146 valence electrons. The molecule has 0 aromatic heterocycles. The molecule has 1 amide bonds. The number of benzene rings is 2. The lowest BCUT2D eigenvalue weighted by molar-refractivity contribution is 0.0757. The lowest BCUT2D eigenvalue weighted by atomic mass is 10.1. The third kappa shape index (κ3) is 3.33. The van der Waals surface area contributed by atoms with Gasteiger partial charge in [-0.2, -0.15) is 0 Å². The Bertz CT molecular complexity index is 929. The van der Waals surface area contributed by atoms with Crippen LogP contribution in [0.4, 0.5) is 0 Å². The van der Waals surface area contributed by atoms with Gasteiger partial charge in [0.1, 0.15) is 16.4 Å². The van der Waals surface area contributed by atoms with Gasteiger partial charge in [-0.15, -0.1) is 0 Å². The maximum atomic E-state index is 13.4. The molecule has 7 heteroatoms. The van der Waals surface area contributed by atoms with Gasteiger partial charge in [-0.1, -0.05) is 42.5 Å². The highest BCUT2D eigenvalue weighted by atomic mass is 32.1. The van der Waals surface area contributed by atoms with Gasteiger partial charge in [0.2, 0.25) is 5.75 Å². The number of ether oxygens (including phenoxy) is 3. The van der Waals surface area contributed by atoms with E-state index in [1.54, 1.807) is 12.1 Å². The fourth-order valence-corrected chi connectivity index (χ4v) is 3.65. The van der Waals surface area contributed by atoms with Gasteiger partial charge in [-0.3, -0.25) is 14.7 Å². The van der Waals surface area contributed by atoms with Gasteiger partial charge < -0.3 is 14.2 Å². The molecule has 2 aromatic carbocycles. The van der Waals surface area contributed by atoms with Crippen LogP contribution in [0.1, 0.15) is 29.8 Å². The summed E-state index contributed by atoms with van der Waals surface area (Å²) in [6.07, 6.45) is 0. The van der Waals surface area contributed by atoms with Crippen molar-refractivity contribution in [2.45, 2.75) is 19.5 Å². The highest BCUT2D eigenvalue weighted by molar-refractivity contribution is 7.82. The fourth-order valence-electron chi connectivity index (χ4n) is 3.18. The molecule has 6 nitrogen and oxygen atoms in total. The van der Waals surface area contributed by atoms with Crippen LogP contribution in [0.25, 0.3) is 0 Å². The molecule has 1 aliphatic heterocycles. The van der Waals surface area contributed by atoms with Crippen molar-refractivity contribution in [2.75, 3.05) is 21.3 Å². The van der Waals surface area contributed by atoms with Crippen LogP contribution in [-0.4, -0.2) is 48.5 Å². The minimum absolute atomic E-state index is 0.288. The molecule has 0 N–H and O–H groups in total. The van der Waals surface area contributed by atoms with Crippen molar-refractivity contribution in [2.24, 2.45) is 4.99 Å². The van der Waals surface area contributed by atoms with Crippen molar-refractivity contribution in [3.63, 3.8) is 0 Å². The summed E-state index contributed by atoms with van der Waals surface area (Å²) in [6, 6.07) is 12.8. The Morgan fingerprint density at radius 2 is 1.57 bits per heavy atom. The zero-order valence-electron chi connectivity index (χ0n) is 16.5. The Balaban J connectivity index is 2.03. The van der Waals surface area contributed by atoms with Crippen molar-refractivity contribution in [3.8, 4) is 17.2 Å². The minimum atomic E-state index is -0.820. The summed E-state index contributed by atoms with van der Waals surface area (Å²) in [6.45, 7) is 3.70. The van der Waals surface area contributed by atoms with Crippen molar-refractivity contribution in [1.82, 2.24) is 4.90 Å². The summed E-state index contributed by atoms with van der Waals surface area (Å²) < 4.78 is 16.1. The van der Waals surface area contributed by atoms with Gasteiger partial charge in [0, 0.05) is 11.1 Å². The molecular formula is C21H22N2O4S. The van der Waals surface area contributed by atoms with Gasteiger partial charge in [0.05, 0.1) is 21.3 Å². The van der Waals surface area contributed by atoms with E-state index in [9.17, 15) is 4.79 Å². The molecule has 0 bridgehead atoms. The van der Waals surface area contributed by atoms with E-state index in [4.69, 9.17) is 31.4 Å². The second-order valence-electron chi connectivity index (χ2n) is 6.68. The monoisotopic (exact) mass is 398 g/mol. The molecule has 0 saturated heterocycles. The molecule has 1 aliphatic rings. The molecule has 0 saturated carbocycles. The van der Waals surface area contributed by atoms with E-state index in [0.717, 1.165) is 5.56 Å². The first kappa shape index (κ1) is 19.8. The largest absolute Gasteiger partial charge is 0.493 e. The summed E-state index contributed by atoms with van der Waals surface area (Å²) in [5, 5.41) is 0. The van der Waals surface area contributed by atoms with Crippen molar-refractivity contribution in [1.29, 1.82) is 0 Å². The topological polar surface area (TPSA) is 60.4 Å². The molecule has 0 fully saturated rings. The highest BCUT2D eigenvalue weighted by Crippen LogP contribution is 2.39. The van der Waals surface area contributed by atoms with E-state index in [0.29, 0.717) is 33.5 Å². The van der Waals surface area contributed by atoms with Crippen molar-refractivity contribution in [3.05, 3.63) is 53.6 Å². The summed E-state index contributed by atoms with van der Waals surface area (Å²) in [5.41, 5.74) is 1.05. The molecular weight excluding hydrogens is 376 g/mol. The second-order valence-corrected chi connectivity index (χ2v) is 7.07. The zero-order chi connectivity index (χ0) is 20.5. The zero-order valence-corrected chi connectivity index (χ0v) is 17.3. The molecule has 0 radical (unpaired) electrons. The van der Waals surface area contributed by atoms with E-state index in [2.05, 4.69) is 0 Å². The lowest BCUT2D eigenvalue weighted by Gasteiger charge is -2.29. The Morgan fingerprint density at radius 3 is 2.07 bits per heavy atom. The van der Waals surface area contributed by atoms with Crippen LogP contribution in [0.2, 0.25) is 0 Å². The number of carbonyl (C=O) groups excluding carboxylic acids is 1. The molecule has 0 aliphatic carbocycles. The number of thiocarbonyl (C=S) groups is 1. The summed E-state index contributed by atoms with van der Waals surface area (Å²) >= 11 is 5.63. The maximum absolute atomic E-state index is 13.4. The number of nitrogens with zero attached hydrogens (tertiary/aromatic N) is 2. The van der Waals surface area contributed by atoms with Gasteiger partial charge >= 0.3 is 0 Å². The Hall–Kier alpha value is -2.93. The third-order valence-corrected chi connectivity index (χ3v) is 4.88. The average molecular weight is 398 g/mol. The normalized spacial score (nSPS) is 15.2. The van der Waals surface area contributed by atoms with Gasteiger partial charge in [-0.05, 0) is 26.0 Å². The van der Waals surface area contributed by atoms with Crippen LogP contribution < -0.4 is 14.2 Å². The van der Waals surface area contributed by atoms with E-state index in [-0.39, 0.29) is 5.91 Å². The van der Waals surface area contributed by atoms with Crippen LogP contribution in [0.15, 0.2) is 47.5 Å². The first-order valence-corrected chi connectivity index (χ1v) is 9.09. The van der Waals surface area contributed by atoms with Crippen LogP contribution >= 0.6 is 12.2 Å². The average Bonchev–Trinajstić information content (AvgIpc) is 2.95. The van der Waals surface area contributed by atoms with Crippen molar-refractivity contribution < 1.29 is 19.0 Å². The van der Waals surface area contributed by atoms with Crippen LogP contribution in [0, 0.1) is 0 Å². The number of hydrogen-bond donors (Lipinski definition) is 0. The van der Waals surface area contributed by atoms with E-state index < -0.39 is 5.66 Å². The predicted octanol–water partition coefficient (Wildman–Crippen LogP) is 3.72. The Kier molecular flexibility index (Phi) is 5.38. The summed E-state index contributed by atoms with van der Waals surface area (Å²) in [5.74, 6) is 0.935. The van der Waals surface area contributed by atoms with E-state index in [1.165, 1.54) is 26.2 Å². The standard InChI is InChI=1S/C21H22N2O4S/c1-21(2)22-17(13-9-7-6-8-10-13)20(28)23(21)19(24)14-11-15(25-3)18(27-5)16(12-14)26-4/h6-12H,1-5H3. The number of hydrogen-bond acceptors (Lipinski definition) is 6. The quantitative estimate of drug-likeness (QED) is 0.719. The number of aliphatic imine (C=N–C) groups is 1. The van der Waals surface area contributed by atoms with Gasteiger partial charge in [0.15, 0.2) is 11.5 Å². The summed E-state index contributed by atoms with van der Waals surface area (Å²) in [4.78, 5) is 20.0. The van der Waals surface area contributed by atoms with E-state index >= 15 is 0 Å². The highest BCUT2D eigenvalue weighted by Gasteiger charge is 2.42. The molecule has 0 unspecified atom stereocenters. The predicted molar refractivity (Wildman–Crippen MR) is 112 cm³/mol. The van der Waals surface area contributed by atoms with Crippen LogP contribution in [0.5, 0.6) is 17.2 Å². The number of amides is 1. The van der Waals surface area contributed by atoms with E-state index in [1.807, 2.05) is 44.2 Å². The second kappa shape index (κ2) is 7.59. The first-order chi connectivity index (χ1) is 13.3. The van der Waals surface area contributed by atoms with Gasteiger partial charge in [0.25, 0.3) is 5.91 Å². The molecule has 0 spiro atoms. The third-order valence-electron chi connectivity index (χ3n) is 4.50. The van der Waals surface area contributed by atoms with Crippen molar-refractivity contribution >= 4 is 28.8 Å². The number of carbonyl (C=O) groups is 1. The summed E-state index contributed by atoms with van der Waals surface area (Å²) in [7, 11) is 4.53. The lowest BCUT2D eigenvalue weighted by Crippen LogP contribution is -2.46. The molecule has 1 heterocycles. The Labute approximate surface area is 169 Å². The number of methoxy groups -OCH3 is 3.